The maximum absolute atomic E-state index is 5.97. The van der Waals surface area contributed by atoms with Gasteiger partial charge in [0.05, 0.1) is 6.61 Å². The van der Waals surface area contributed by atoms with Crippen LogP contribution in [0.3, 0.4) is 0 Å². The van der Waals surface area contributed by atoms with E-state index in [1.54, 1.807) is 0 Å². The van der Waals surface area contributed by atoms with Gasteiger partial charge in [-0.15, -0.1) is 11.6 Å². The van der Waals surface area contributed by atoms with Gasteiger partial charge in [0.15, 0.2) is 0 Å². The number of unbranched alkanes of at least 4 members (excludes halogenated alkanes) is 3. The third kappa shape index (κ3) is 4.77. The van der Waals surface area contributed by atoms with Gasteiger partial charge >= 0.3 is 0 Å². The van der Waals surface area contributed by atoms with Gasteiger partial charge in [-0.1, -0.05) is 31.0 Å². The second kappa shape index (κ2) is 9.13. The number of rotatable bonds is 8. The van der Waals surface area contributed by atoms with Gasteiger partial charge in [0.1, 0.15) is 5.75 Å². The molecule has 0 spiro atoms. The topological polar surface area (TPSA) is 9.23 Å². The molecule has 0 amide bonds. The predicted molar refractivity (Wildman–Crippen MR) is 106 cm³/mol. The molecule has 0 bridgehead atoms. The fraction of sp³-hybridized carbons (Fsp3) is 0.455. The van der Waals surface area contributed by atoms with Crippen molar-refractivity contribution in [3.05, 3.63) is 52.6 Å². The molecule has 1 nitrogen and oxygen atoms in total. The van der Waals surface area contributed by atoms with Gasteiger partial charge in [-0.25, -0.2) is 0 Å². The minimum absolute atomic E-state index is 0.763. The van der Waals surface area contributed by atoms with Crippen molar-refractivity contribution < 1.29 is 4.74 Å². The predicted octanol–water partition coefficient (Wildman–Crippen LogP) is 6.77. The van der Waals surface area contributed by atoms with Crippen molar-refractivity contribution in [3.8, 4) is 16.9 Å². The van der Waals surface area contributed by atoms with Gasteiger partial charge in [-0.2, -0.15) is 0 Å². The quantitative estimate of drug-likeness (QED) is 0.379. The van der Waals surface area contributed by atoms with Crippen LogP contribution in [0, 0.1) is 27.7 Å². The van der Waals surface area contributed by atoms with E-state index >= 15 is 0 Å². The molecular formula is C22H29ClO. The summed E-state index contributed by atoms with van der Waals surface area (Å²) in [6.07, 6.45) is 4.57. The first-order valence-corrected chi connectivity index (χ1v) is 9.44. The molecule has 0 aromatic heterocycles. The van der Waals surface area contributed by atoms with Crippen molar-refractivity contribution in [2.75, 3.05) is 12.5 Å². The molecule has 0 saturated carbocycles. The van der Waals surface area contributed by atoms with Crippen LogP contribution in [0.4, 0.5) is 0 Å². The van der Waals surface area contributed by atoms with Crippen LogP contribution < -0.4 is 4.74 Å². The van der Waals surface area contributed by atoms with E-state index in [4.69, 9.17) is 16.3 Å². The summed E-state index contributed by atoms with van der Waals surface area (Å²) in [6.45, 7) is 9.52. The SMILES string of the molecule is Cc1cccc(C)c1-c1c(C)cc(OCCCCCCCl)cc1C. The molecule has 0 fully saturated rings. The average Bonchev–Trinajstić information content (AvgIpc) is 2.53. The van der Waals surface area contributed by atoms with Gasteiger partial charge in [0, 0.05) is 5.88 Å². The molecule has 0 unspecified atom stereocenters. The Morgan fingerprint density at radius 3 is 1.88 bits per heavy atom. The molecular weight excluding hydrogens is 316 g/mol. The van der Waals surface area contributed by atoms with Crippen molar-refractivity contribution >= 4 is 11.6 Å². The lowest BCUT2D eigenvalue weighted by Crippen LogP contribution is -2.00. The van der Waals surface area contributed by atoms with E-state index in [2.05, 4.69) is 58.0 Å². The summed E-state index contributed by atoms with van der Waals surface area (Å²) < 4.78 is 5.97. The number of ether oxygens (including phenoxy) is 1. The van der Waals surface area contributed by atoms with E-state index in [1.807, 2.05) is 0 Å². The van der Waals surface area contributed by atoms with Crippen LogP contribution in [0.5, 0.6) is 5.75 Å². The highest BCUT2D eigenvalue weighted by Crippen LogP contribution is 2.35. The van der Waals surface area contributed by atoms with E-state index < -0.39 is 0 Å². The molecule has 24 heavy (non-hydrogen) atoms. The van der Waals surface area contributed by atoms with Crippen LogP contribution in [0.1, 0.15) is 47.9 Å². The van der Waals surface area contributed by atoms with Crippen molar-refractivity contribution in [2.45, 2.75) is 53.4 Å². The number of benzene rings is 2. The largest absolute Gasteiger partial charge is 0.494 e. The monoisotopic (exact) mass is 344 g/mol. The molecule has 0 N–H and O–H groups in total. The highest BCUT2D eigenvalue weighted by Gasteiger charge is 2.12. The Hall–Kier alpha value is -1.47. The molecule has 0 aliphatic carbocycles. The summed E-state index contributed by atoms with van der Waals surface area (Å²) in [6, 6.07) is 10.8. The van der Waals surface area contributed by atoms with Gasteiger partial charge in [0.25, 0.3) is 0 Å². The van der Waals surface area contributed by atoms with Crippen LogP contribution in [0.15, 0.2) is 30.3 Å². The Kier molecular flexibility index (Phi) is 7.17. The Labute approximate surface area is 152 Å². The number of halogens is 1. The number of hydrogen-bond acceptors (Lipinski definition) is 1. The molecule has 2 aromatic rings. The van der Waals surface area contributed by atoms with Crippen molar-refractivity contribution in [3.63, 3.8) is 0 Å². The number of hydrogen-bond donors (Lipinski definition) is 0. The second-order valence-corrected chi connectivity index (χ2v) is 7.03. The van der Waals surface area contributed by atoms with Crippen molar-refractivity contribution in [2.24, 2.45) is 0 Å². The van der Waals surface area contributed by atoms with E-state index in [0.717, 1.165) is 31.1 Å². The molecule has 2 aromatic carbocycles. The molecule has 2 rings (SSSR count). The lowest BCUT2D eigenvalue weighted by molar-refractivity contribution is 0.305. The molecule has 0 radical (unpaired) electrons. The standard InChI is InChI=1S/C22H29ClO/c1-16-10-9-11-17(2)21(16)22-18(3)14-20(15-19(22)4)24-13-8-6-5-7-12-23/h9-11,14-15H,5-8,12-13H2,1-4H3. The Balaban J connectivity index is 2.12. The molecule has 0 aliphatic heterocycles. The minimum Gasteiger partial charge on any atom is -0.494 e. The smallest absolute Gasteiger partial charge is 0.119 e. The average molecular weight is 345 g/mol. The van der Waals surface area contributed by atoms with E-state index in [9.17, 15) is 0 Å². The first-order valence-electron chi connectivity index (χ1n) is 8.91. The van der Waals surface area contributed by atoms with Gasteiger partial charge < -0.3 is 4.74 Å². The zero-order chi connectivity index (χ0) is 17.5. The fourth-order valence-corrected chi connectivity index (χ4v) is 3.54. The summed E-state index contributed by atoms with van der Waals surface area (Å²) in [7, 11) is 0. The zero-order valence-electron chi connectivity index (χ0n) is 15.4. The van der Waals surface area contributed by atoms with Gasteiger partial charge in [0.2, 0.25) is 0 Å². The van der Waals surface area contributed by atoms with Crippen LogP contribution in [0.2, 0.25) is 0 Å². The molecule has 130 valence electrons. The molecule has 0 saturated heterocycles. The van der Waals surface area contributed by atoms with Crippen LogP contribution >= 0.6 is 11.6 Å². The summed E-state index contributed by atoms with van der Waals surface area (Å²) in [5.41, 5.74) is 7.93. The number of alkyl halides is 1. The summed E-state index contributed by atoms with van der Waals surface area (Å²) in [5.74, 6) is 1.75. The van der Waals surface area contributed by atoms with E-state index in [0.29, 0.717) is 0 Å². The zero-order valence-corrected chi connectivity index (χ0v) is 16.2. The second-order valence-electron chi connectivity index (χ2n) is 6.65. The highest BCUT2D eigenvalue weighted by molar-refractivity contribution is 6.17. The van der Waals surface area contributed by atoms with Crippen molar-refractivity contribution in [1.82, 2.24) is 0 Å². The third-order valence-corrected chi connectivity index (χ3v) is 4.80. The maximum Gasteiger partial charge on any atom is 0.119 e. The summed E-state index contributed by atoms with van der Waals surface area (Å²) in [4.78, 5) is 0. The lowest BCUT2D eigenvalue weighted by Gasteiger charge is -2.17. The summed E-state index contributed by atoms with van der Waals surface area (Å²) >= 11 is 5.70. The van der Waals surface area contributed by atoms with Crippen LogP contribution in [-0.4, -0.2) is 12.5 Å². The van der Waals surface area contributed by atoms with E-state index in [1.165, 1.54) is 46.2 Å². The maximum atomic E-state index is 5.97. The summed E-state index contributed by atoms with van der Waals surface area (Å²) in [5, 5.41) is 0. The van der Waals surface area contributed by atoms with Gasteiger partial charge in [-0.05, 0) is 86.1 Å². The van der Waals surface area contributed by atoms with E-state index in [-0.39, 0.29) is 0 Å². The third-order valence-electron chi connectivity index (χ3n) is 4.53. The Bertz CT molecular complexity index is 632. The number of aryl methyl sites for hydroxylation is 4. The molecule has 2 heteroatoms. The van der Waals surface area contributed by atoms with Crippen molar-refractivity contribution in [1.29, 1.82) is 0 Å². The minimum atomic E-state index is 0.763. The first-order chi connectivity index (χ1) is 11.5. The molecule has 0 heterocycles. The van der Waals surface area contributed by atoms with Crippen LogP contribution in [-0.2, 0) is 0 Å². The highest BCUT2D eigenvalue weighted by atomic mass is 35.5. The van der Waals surface area contributed by atoms with Gasteiger partial charge in [-0.3, -0.25) is 0 Å². The molecule has 0 atom stereocenters. The first kappa shape index (κ1) is 18.9. The lowest BCUT2D eigenvalue weighted by atomic mass is 9.89. The van der Waals surface area contributed by atoms with Crippen LogP contribution in [0.25, 0.3) is 11.1 Å². The molecule has 0 aliphatic rings. The normalized spacial score (nSPS) is 10.9. The Morgan fingerprint density at radius 2 is 1.29 bits per heavy atom. The fourth-order valence-electron chi connectivity index (χ4n) is 3.35. The Morgan fingerprint density at radius 1 is 0.750 bits per heavy atom.